The van der Waals surface area contributed by atoms with Crippen LogP contribution in [0.25, 0.3) is 0 Å². The van der Waals surface area contributed by atoms with E-state index in [1.54, 1.807) is 0 Å². The molecule has 162 valence electrons. The molecule has 0 spiro atoms. The number of hydrogen-bond donors (Lipinski definition) is 2. The largest absolute Gasteiger partial charge is 0.486 e. The molecule has 4 rings (SSSR count). The fraction of sp³-hybridized carbons (Fsp3) is 0.318. The zero-order valence-electron chi connectivity index (χ0n) is 16.7. The topological polar surface area (TPSA) is 103 Å². The number of fused-ring (bicyclic) bond motifs is 2. The molecule has 1 unspecified atom stereocenters. The number of carbonyl (C=O) groups excluding carboxylic acids is 3. The number of benzene rings is 2. The van der Waals surface area contributed by atoms with E-state index >= 15 is 0 Å². The molecule has 2 amide bonds. The van der Waals surface area contributed by atoms with Crippen LogP contribution in [-0.2, 0) is 25.5 Å². The number of anilines is 1. The van der Waals surface area contributed by atoms with Crippen LogP contribution in [0.5, 0.6) is 11.5 Å². The molecule has 2 aliphatic heterocycles. The molecule has 8 nitrogen and oxygen atoms in total. The third kappa shape index (κ3) is 5.49. The van der Waals surface area contributed by atoms with Crippen molar-refractivity contribution in [2.24, 2.45) is 0 Å². The van der Waals surface area contributed by atoms with Crippen LogP contribution in [0.15, 0.2) is 47.4 Å². The van der Waals surface area contributed by atoms with E-state index in [0.717, 1.165) is 21.9 Å². The average molecular weight is 442 g/mol. The molecule has 2 N–H and O–H groups in total. The minimum absolute atomic E-state index is 0.102. The second kappa shape index (κ2) is 9.74. The monoisotopic (exact) mass is 442 g/mol. The van der Waals surface area contributed by atoms with E-state index in [4.69, 9.17) is 14.2 Å². The van der Waals surface area contributed by atoms with Crippen LogP contribution < -0.4 is 20.1 Å². The average Bonchev–Trinajstić information content (AvgIpc) is 2.78. The molecule has 0 saturated heterocycles. The van der Waals surface area contributed by atoms with Crippen molar-refractivity contribution < 1.29 is 28.6 Å². The van der Waals surface area contributed by atoms with Gasteiger partial charge in [0.2, 0.25) is 5.91 Å². The summed E-state index contributed by atoms with van der Waals surface area (Å²) in [7, 11) is 0. The number of esters is 1. The SMILES string of the molecule is O=C(COC(=O)CC1Sc2ccccc2NC1=O)NCCc1ccc2c(c1)OCCO2. The first-order valence-corrected chi connectivity index (χ1v) is 10.8. The summed E-state index contributed by atoms with van der Waals surface area (Å²) in [5.74, 6) is 0.200. The van der Waals surface area contributed by atoms with Gasteiger partial charge in [-0.1, -0.05) is 18.2 Å². The molecule has 2 aromatic carbocycles. The lowest BCUT2D eigenvalue weighted by Crippen LogP contribution is -2.33. The highest BCUT2D eigenvalue weighted by molar-refractivity contribution is 8.01. The lowest BCUT2D eigenvalue weighted by atomic mass is 10.1. The number of ether oxygens (including phenoxy) is 3. The molecule has 9 heteroatoms. The zero-order chi connectivity index (χ0) is 21.6. The molecule has 0 saturated carbocycles. The van der Waals surface area contributed by atoms with E-state index in [2.05, 4.69) is 10.6 Å². The van der Waals surface area contributed by atoms with Crippen molar-refractivity contribution in [3.63, 3.8) is 0 Å². The molecule has 2 aromatic rings. The quantitative estimate of drug-likeness (QED) is 0.634. The smallest absolute Gasteiger partial charge is 0.307 e. The van der Waals surface area contributed by atoms with Gasteiger partial charge in [0.1, 0.15) is 13.2 Å². The summed E-state index contributed by atoms with van der Waals surface area (Å²) in [6.45, 7) is 1.08. The van der Waals surface area contributed by atoms with Crippen LogP contribution in [0.4, 0.5) is 5.69 Å². The van der Waals surface area contributed by atoms with Crippen molar-refractivity contribution in [2.45, 2.75) is 23.0 Å². The van der Waals surface area contributed by atoms with Crippen LogP contribution in [-0.4, -0.2) is 49.4 Å². The van der Waals surface area contributed by atoms with Crippen LogP contribution in [0.3, 0.4) is 0 Å². The molecule has 0 fully saturated rings. The third-order valence-electron chi connectivity index (χ3n) is 4.77. The zero-order valence-corrected chi connectivity index (χ0v) is 17.5. The molecular formula is C22H22N2O6S. The summed E-state index contributed by atoms with van der Waals surface area (Å²) in [6, 6.07) is 13.1. The Morgan fingerprint density at radius 2 is 1.94 bits per heavy atom. The van der Waals surface area contributed by atoms with Gasteiger partial charge in [0.05, 0.1) is 17.4 Å². The lowest BCUT2D eigenvalue weighted by Gasteiger charge is -2.23. The van der Waals surface area contributed by atoms with Gasteiger partial charge in [0.15, 0.2) is 18.1 Å². The molecule has 1 atom stereocenters. The van der Waals surface area contributed by atoms with E-state index in [0.29, 0.717) is 31.9 Å². The highest BCUT2D eigenvalue weighted by Gasteiger charge is 2.29. The Morgan fingerprint density at radius 3 is 2.81 bits per heavy atom. The highest BCUT2D eigenvalue weighted by atomic mass is 32.2. The molecule has 31 heavy (non-hydrogen) atoms. The van der Waals surface area contributed by atoms with Crippen LogP contribution in [0.1, 0.15) is 12.0 Å². The van der Waals surface area contributed by atoms with Gasteiger partial charge in [0.25, 0.3) is 5.91 Å². The summed E-state index contributed by atoms with van der Waals surface area (Å²) in [5, 5.41) is 4.92. The van der Waals surface area contributed by atoms with E-state index in [1.807, 2.05) is 42.5 Å². The minimum atomic E-state index is -0.589. The second-order valence-electron chi connectivity index (χ2n) is 7.03. The first-order valence-electron chi connectivity index (χ1n) is 9.96. The molecule has 2 heterocycles. The molecule has 0 bridgehead atoms. The maximum Gasteiger partial charge on any atom is 0.307 e. The Morgan fingerprint density at radius 1 is 1.13 bits per heavy atom. The predicted molar refractivity (Wildman–Crippen MR) is 114 cm³/mol. The fourth-order valence-electron chi connectivity index (χ4n) is 3.22. The normalized spacial score (nSPS) is 16.6. The van der Waals surface area contributed by atoms with Gasteiger partial charge in [-0.25, -0.2) is 0 Å². The summed E-state index contributed by atoms with van der Waals surface area (Å²) in [5.41, 5.74) is 1.74. The Balaban J connectivity index is 1.17. The van der Waals surface area contributed by atoms with Crippen LogP contribution in [0.2, 0.25) is 0 Å². The lowest BCUT2D eigenvalue weighted by molar-refractivity contribution is -0.149. The van der Waals surface area contributed by atoms with Gasteiger partial charge in [-0.3, -0.25) is 14.4 Å². The van der Waals surface area contributed by atoms with Crippen LogP contribution >= 0.6 is 11.8 Å². The van der Waals surface area contributed by atoms with Gasteiger partial charge < -0.3 is 24.8 Å². The third-order valence-corrected chi connectivity index (χ3v) is 6.04. The van der Waals surface area contributed by atoms with E-state index in [-0.39, 0.29) is 18.9 Å². The number of hydrogen-bond acceptors (Lipinski definition) is 7. The van der Waals surface area contributed by atoms with Crippen molar-refractivity contribution in [3.05, 3.63) is 48.0 Å². The van der Waals surface area contributed by atoms with Gasteiger partial charge in [0, 0.05) is 11.4 Å². The first-order chi connectivity index (χ1) is 15.1. The molecule has 0 aromatic heterocycles. The van der Waals surface area contributed by atoms with Crippen LogP contribution in [0, 0.1) is 0 Å². The van der Waals surface area contributed by atoms with E-state index in [9.17, 15) is 14.4 Å². The fourth-order valence-corrected chi connectivity index (χ4v) is 4.32. The Bertz CT molecular complexity index is 996. The maximum absolute atomic E-state index is 12.2. The van der Waals surface area contributed by atoms with E-state index in [1.165, 1.54) is 11.8 Å². The molecule has 0 aliphatic carbocycles. The van der Waals surface area contributed by atoms with Gasteiger partial charge in [-0.2, -0.15) is 0 Å². The molecule has 2 aliphatic rings. The summed E-state index contributed by atoms with van der Waals surface area (Å²) in [4.78, 5) is 37.1. The summed E-state index contributed by atoms with van der Waals surface area (Å²) >= 11 is 1.32. The van der Waals surface area contributed by atoms with Gasteiger partial charge in [-0.15, -0.1) is 11.8 Å². The first kappa shape index (κ1) is 21.0. The maximum atomic E-state index is 12.2. The molecule has 0 radical (unpaired) electrons. The Labute approximate surface area is 183 Å². The number of thioether (sulfide) groups is 1. The van der Waals surface area contributed by atoms with Gasteiger partial charge >= 0.3 is 5.97 Å². The van der Waals surface area contributed by atoms with Crippen molar-refractivity contribution in [1.82, 2.24) is 5.32 Å². The second-order valence-corrected chi connectivity index (χ2v) is 8.28. The van der Waals surface area contributed by atoms with Crippen molar-refractivity contribution in [1.29, 1.82) is 0 Å². The summed E-state index contributed by atoms with van der Waals surface area (Å²) < 4.78 is 16.1. The minimum Gasteiger partial charge on any atom is -0.486 e. The Hall–Kier alpha value is -3.20. The number of para-hydroxylation sites is 1. The summed E-state index contributed by atoms with van der Waals surface area (Å²) in [6.07, 6.45) is 0.504. The number of carbonyl (C=O) groups is 3. The molecular weight excluding hydrogens is 420 g/mol. The van der Waals surface area contributed by atoms with E-state index < -0.39 is 17.1 Å². The standard InChI is InChI=1S/C22H22N2O6S/c25-20(23-8-7-14-5-6-16-17(11-14)29-10-9-28-16)13-30-21(26)12-19-22(27)24-15-3-1-2-4-18(15)31-19/h1-6,11,19H,7-10,12-13H2,(H,23,25)(H,24,27). The van der Waals surface area contributed by atoms with Crippen molar-refractivity contribution in [3.8, 4) is 11.5 Å². The Kier molecular flexibility index (Phi) is 6.61. The number of amides is 2. The highest BCUT2D eigenvalue weighted by Crippen LogP contribution is 2.36. The predicted octanol–water partition coefficient (Wildman–Crippen LogP) is 2.16. The van der Waals surface area contributed by atoms with Gasteiger partial charge in [-0.05, 0) is 36.2 Å². The van der Waals surface area contributed by atoms with Crippen molar-refractivity contribution in [2.75, 3.05) is 31.7 Å². The number of nitrogens with one attached hydrogen (secondary N) is 2. The number of rotatable bonds is 7. The van der Waals surface area contributed by atoms with Crippen molar-refractivity contribution >= 4 is 35.2 Å².